The third-order valence-corrected chi connectivity index (χ3v) is 5.45. The van der Waals surface area contributed by atoms with E-state index in [1.54, 1.807) is 6.20 Å². The van der Waals surface area contributed by atoms with Crippen molar-refractivity contribution in [2.24, 2.45) is 5.18 Å². The van der Waals surface area contributed by atoms with Crippen LogP contribution in [-0.2, 0) is 6.54 Å². The van der Waals surface area contributed by atoms with Crippen LogP contribution < -0.4 is 0 Å². The minimum absolute atomic E-state index is 0.0296. The number of nitroso groups, excluding NO2 is 1. The summed E-state index contributed by atoms with van der Waals surface area (Å²) in [5.74, 6) is 0. The molecule has 0 amide bonds. The van der Waals surface area contributed by atoms with E-state index in [9.17, 15) is 4.91 Å². The first-order valence-electron chi connectivity index (χ1n) is 7.19. The second kappa shape index (κ2) is 6.21. The largest absolute Gasteiger partial charge is 0.254 e. The maximum Gasteiger partial charge on any atom is 0.179 e. The minimum atomic E-state index is 0.0296. The molecule has 3 heterocycles. The standard InChI is InChI=1S/C16H11N5OS2/c1-9-20-21-16(23-9)24-13-7-11(8-18-22)19-15-12(13)5-4-10-3-2-6-17-14(10)15/h2-7H,8H2,1H3. The SMILES string of the molecule is Cc1nnc(Sc2cc(CN=O)nc3c2ccc2cccnc23)s1. The Morgan fingerprint density at radius 1 is 1.21 bits per heavy atom. The van der Waals surface area contributed by atoms with Crippen LogP contribution in [0.1, 0.15) is 10.7 Å². The monoisotopic (exact) mass is 353 g/mol. The van der Waals surface area contributed by atoms with E-state index in [1.165, 1.54) is 23.1 Å². The number of fused-ring (bicyclic) bond motifs is 3. The van der Waals surface area contributed by atoms with Crippen LogP contribution >= 0.6 is 23.1 Å². The van der Waals surface area contributed by atoms with Gasteiger partial charge < -0.3 is 0 Å². The van der Waals surface area contributed by atoms with E-state index in [1.807, 2.05) is 37.3 Å². The highest BCUT2D eigenvalue weighted by atomic mass is 32.2. The lowest BCUT2D eigenvalue weighted by molar-refractivity contribution is 0.978. The fraction of sp³-hybridized carbons (Fsp3) is 0.125. The van der Waals surface area contributed by atoms with Crippen LogP contribution in [-0.4, -0.2) is 20.2 Å². The van der Waals surface area contributed by atoms with Crippen molar-refractivity contribution in [3.05, 3.63) is 52.1 Å². The van der Waals surface area contributed by atoms with Gasteiger partial charge in [-0.25, -0.2) is 4.98 Å². The van der Waals surface area contributed by atoms with Crippen LogP contribution in [0.4, 0.5) is 0 Å². The molecule has 0 aliphatic carbocycles. The van der Waals surface area contributed by atoms with E-state index >= 15 is 0 Å². The molecule has 8 heteroatoms. The van der Waals surface area contributed by atoms with Gasteiger partial charge in [-0.05, 0) is 19.1 Å². The Morgan fingerprint density at radius 2 is 2.12 bits per heavy atom. The molecule has 0 aliphatic rings. The number of hydrogen-bond acceptors (Lipinski definition) is 8. The first kappa shape index (κ1) is 15.1. The Labute approximate surface area is 145 Å². The fourth-order valence-corrected chi connectivity index (χ4v) is 4.45. The molecule has 0 atom stereocenters. The first-order chi connectivity index (χ1) is 11.7. The normalized spacial score (nSPS) is 11.2. The zero-order valence-corrected chi connectivity index (χ0v) is 14.3. The van der Waals surface area contributed by atoms with Crippen molar-refractivity contribution in [2.75, 3.05) is 0 Å². The molecule has 3 aromatic heterocycles. The molecule has 24 heavy (non-hydrogen) atoms. The van der Waals surface area contributed by atoms with Gasteiger partial charge in [0.1, 0.15) is 11.6 Å². The van der Waals surface area contributed by atoms with Crippen molar-refractivity contribution in [1.29, 1.82) is 0 Å². The van der Waals surface area contributed by atoms with Crippen molar-refractivity contribution >= 4 is 44.9 Å². The molecular weight excluding hydrogens is 342 g/mol. The molecular formula is C16H11N5OS2. The summed E-state index contributed by atoms with van der Waals surface area (Å²) in [6.07, 6.45) is 1.75. The lowest BCUT2D eigenvalue weighted by Gasteiger charge is -2.08. The van der Waals surface area contributed by atoms with Crippen molar-refractivity contribution in [2.45, 2.75) is 22.7 Å². The Kier molecular flexibility index (Phi) is 3.91. The lowest BCUT2D eigenvalue weighted by Crippen LogP contribution is -1.93. The molecule has 0 unspecified atom stereocenters. The summed E-state index contributed by atoms with van der Waals surface area (Å²) in [5, 5.41) is 14.1. The topological polar surface area (TPSA) is 81.0 Å². The van der Waals surface area contributed by atoms with Crippen molar-refractivity contribution in [3.8, 4) is 0 Å². The third-order valence-electron chi connectivity index (χ3n) is 3.50. The van der Waals surface area contributed by atoms with E-state index < -0.39 is 0 Å². The molecule has 0 saturated carbocycles. The Bertz CT molecular complexity index is 1060. The van der Waals surface area contributed by atoms with Gasteiger partial charge in [0.25, 0.3) is 0 Å². The summed E-state index contributed by atoms with van der Waals surface area (Å²) in [5.41, 5.74) is 2.22. The van der Waals surface area contributed by atoms with Crippen molar-refractivity contribution in [3.63, 3.8) is 0 Å². The number of hydrogen-bond donors (Lipinski definition) is 0. The highest BCUT2D eigenvalue weighted by molar-refractivity contribution is 8.01. The van der Waals surface area contributed by atoms with Crippen LogP contribution in [0.25, 0.3) is 21.8 Å². The van der Waals surface area contributed by atoms with E-state index in [0.717, 1.165) is 36.0 Å². The summed E-state index contributed by atoms with van der Waals surface area (Å²) >= 11 is 3.05. The van der Waals surface area contributed by atoms with Gasteiger partial charge in [0.15, 0.2) is 4.34 Å². The van der Waals surface area contributed by atoms with Gasteiger partial charge >= 0.3 is 0 Å². The van der Waals surface area contributed by atoms with Gasteiger partial charge in [-0.3, -0.25) is 4.98 Å². The quantitative estimate of drug-likeness (QED) is 0.400. The molecule has 4 aromatic rings. The van der Waals surface area contributed by atoms with Crippen LogP contribution in [0.5, 0.6) is 0 Å². The summed E-state index contributed by atoms with van der Waals surface area (Å²) < 4.78 is 0.853. The Morgan fingerprint density at radius 3 is 2.92 bits per heavy atom. The van der Waals surface area contributed by atoms with Crippen LogP contribution in [0.2, 0.25) is 0 Å². The number of pyridine rings is 2. The molecule has 6 nitrogen and oxygen atoms in total. The third kappa shape index (κ3) is 2.74. The van der Waals surface area contributed by atoms with Gasteiger partial charge in [-0.2, -0.15) is 4.91 Å². The van der Waals surface area contributed by atoms with E-state index in [0.29, 0.717) is 5.69 Å². The molecule has 0 spiro atoms. The lowest BCUT2D eigenvalue weighted by atomic mass is 10.1. The zero-order valence-electron chi connectivity index (χ0n) is 12.6. The molecule has 0 saturated heterocycles. The maximum atomic E-state index is 10.7. The summed E-state index contributed by atoms with van der Waals surface area (Å²) in [6.45, 7) is 1.95. The zero-order chi connectivity index (χ0) is 16.5. The van der Waals surface area contributed by atoms with Crippen LogP contribution in [0.3, 0.4) is 0 Å². The predicted molar refractivity (Wildman–Crippen MR) is 95.3 cm³/mol. The first-order valence-corrected chi connectivity index (χ1v) is 8.82. The van der Waals surface area contributed by atoms with Crippen molar-refractivity contribution < 1.29 is 0 Å². The smallest absolute Gasteiger partial charge is 0.179 e. The molecule has 0 radical (unpaired) electrons. The summed E-state index contributed by atoms with van der Waals surface area (Å²) in [7, 11) is 0. The van der Waals surface area contributed by atoms with E-state index in [2.05, 4.69) is 25.3 Å². The molecule has 0 N–H and O–H groups in total. The molecule has 0 fully saturated rings. The van der Waals surface area contributed by atoms with Crippen LogP contribution in [0, 0.1) is 11.8 Å². The molecule has 0 bridgehead atoms. The molecule has 0 aliphatic heterocycles. The Hall–Kier alpha value is -2.45. The van der Waals surface area contributed by atoms with Gasteiger partial charge in [0.2, 0.25) is 0 Å². The predicted octanol–water partition coefficient (Wildman–Crippen LogP) is 4.36. The van der Waals surface area contributed by atoms with Gasteiger partial charge in [-0.1, -0.05) is 46.5 Å². The second-order valence-corrected chi connectivity index (χ2v) is 7.60. The van der Waals surface area contributed by atoms with E-state index in [-0.39, 0.29) is 6.54 Å². The fourth-order valence-electron chi connectivity index (χ4n) is 2.49. The molecule has 118 valence electrons. The number of benzene rings is 1. The highest BCUT2D eigenvalue weighted by Crippen LogP contribution is 2.36. The summed E-state index contributed by atoms with van der Waals surface area (Å²) in [6, 6.07) is 9.83. The number of rotatable bonds is 4. The minimum Gasteiger partial charge on any atom is -0.254 e. The number of aromatic nitrogens is 4. The van der Waals surface area contributed by atoms with Crippen molar-refractivity contribution in [1.82, 2.24) is 20.2 Å². The maximum absolute atomic E-state index is 10.7. The second-order valence-electron chi connectivity index (χ2n) is 5.12. The average molecular weight is 353 g/mol. The average Bonchev–Trinajstić information content (AvgIpc) is 3.00. The van der Waals surface area contributed by atoms with Crippen LogP contribution in [0.15, 0.2) is 50.9 Å². The highest BCUT2D eigenvalue weighted by Gasteiger charge is 2.13. The van der Waals surface area contributed by atoms with Gasteiger partial charge in [0, 0.05) is 21.9 Å². The Balaban J connectivity index is 1.96. The molecule has 4 rings (SSSR count). The van der Waals surface area contributed by atoms with Gasteiger partial charge in [-0.15, -0.1) is 10.2 Å². The van der Waals surface area contributed by atoms with E-state index in [4.69, 9.17) is 0 Å². The molecule has 1 aromatic carbocycles. The number of nitrogens with zero attached hydrogens (tertiary/aromatic N) is 5. The summed E-state index contributed by atoms with van der Waals surface area (Å²) in [4.78, 5) is 20.7. The van der Waals surface area contributed by atoms with Gasteiger partial charge in [0.05, 0.1) is 16.7 Å². The number of aryl methyl sites for hydroxylation is 1.